The van der Waals surface area contributed by atoms with Gasteiger partial charge in [0, 0.05) is 6.08 Å². The maximum absolute atomic E-state index is 10.1. The van der Waals surface area contributed by atoms with E-state index in [1.54, 1.807) is 13.0 Å². The second-order valence-corrected chi connectivity index (χ2v) is 1.49. The van der Waals surface area contributed by atoms with E-state index >= 15 is 0 Å². The van der Waals surface area contributed by atoms with Crippen LogP contribution in [-0.4, -0.2) is 5.91 Å². The first-order chi connectivity index (χ1) is 4.66. The number of nitrogens with two attached hydrogens (primary N) is 1. The third-order valence-electron chi connectivity index (χ3n) is 0.692. The van der Waals surface area contributed by atoms with Crippen molar-refractivity contribution in [3.63, 3.8) is 0 Å². The third kappa shape index (κ3) is 10.0. The Bertz CT molecular complexity index is 136. The number of hydrogen-bond donors (Lipinski definition) is 1. The summed E-state index contributed by atoms with van der Waals surface area (Å²) in [6.07, 6.45) is 2.90. The van der Waals surface area contributed by atoms with Crippen molar-refractivity contribution in [3.05, 3.63) is 24.3 Å². The molecule has 0 bridgehead atoms. The van der Waals surface area contributed by atoms with Gasteiger partial charge in [-0.15, -0.1) is 0 Å². The van der Waals surface area contributed by atoms with Gasteiger partial charge in [0.2, 0.25) is 5.91 Å². The molecule has 0 aromatic carbocycles. The van der Waals surface area contributed by atoms with Gasteiger partial charge >= 0.3 is 0 Å². The van der Waals surface area contributed by atoms with Gasteiger partial charge in [0.1, 0.15) is 0 Å². The Kier molecular flexibility index (Phi) is 9.31. The molecule has 0 atom stereocenters. The summed E-state index contributed by atoms with van der Waals surface area (Å²) >= 11 is 0. The number of hydrogen-bond acceptors (Lipinski definition) is 1. The summed E-state index contributed by atoms with van der Waals surface area (Å²) in [4.78, 5) is 10.1. The van der Waals surface area contributed by atoms with Gasteiger partial charge in [-0.3, -0.25) is 4.79 Å². The number of allylic oxidation sites excluding steroid dienone is 2. The van der Waals surface area contributed by atoms with Crippen LogP contribution in [0, 0.1) is 0 Å². The molecule has 0 aliphatic heterocycles. The highest BCUT2D eigenvalue weighted by atomic mass is 16.1. The van der Waals surface area contributed by atoms with Gasteiger partial charge < -0.3 is 5.73 Å². The van der Waals surface area contributed by atoms with Crippen molar-refractivity contribution in [1.82, 2.24) is 0 Å². The minimum atomic E-state index is -0.428. The average molecular weight is 141 g/mol. The first kappa shape index (κ1) is 11.7. The topological polar surface area (TPSA) is 43.1 Å². The molecule has 0 saturated carbocycles. The molecule has 0 aliphatic carbocycles. The molecule has 0 radical (unpaired) electrons. The SMILES string of the molecule is C=C/C(C)=C\C(N)=O.CC. The Morgan fingerprint density at radius 2 is 1.90 bits per heavy atom. The molecular weight excluding hydrogens is 126 g/mol. The number of carbonyl (C=O) groups excluding carboxylic acids is 1. The third-order valence-corrected chi connectivity index (χ3v) is 0.692. The first-order valence-corrected chi connectivity index (χ1v) is 3.27. The molecule has 2 nitrogen and oxygen atoms in total. The molecule has 0 unspecified atom stereocenters. The van der Waals surface area contributed by atoms with Gasteiger partial charge in [0.05, 0.1) is 0 Å². The molecule has 2 N–H and O–H groups in total. The maximum Gasteiger partial charge on any atom is 0.241 e. The Hall–Kier alpha value is -1.05. The highest BCUT2D eigenvalue weighted by Gasteiger charge is 1.83. The number of rotatable bonds is 2. The van der Waals surface area contributed by atoms with Gasteiger partial charge in [-0.1, -0.05) is 26.5 Å². The van der Waals surface area contributed by atoms with Crippen molar-refractivity contribution in [3.8, 4) is 0 Å². The molecule has 0 fully saturated rings. The van der Waals surface area contributed by atoms with Gasteiger partial charge in [0.25, 0.3) is 0 Å². The molecule has 10 heavy (non-hydrogen) atoms. The van der Waals surface area contributed by atoms with Gasteiger partial charge in [0.15, 0.2) is 0 Å². The van der Waals surface area contributed by atoms with Crippen LogP contribution in [0.1, 0.15) is 20.8 Å². The summed E-state index contributed by atoms with van der Waals surface area (Å²) in [5.74, 6) is -0.428. The van der Waals surface area contributed by atoms with Crippen LogP contribution in [0.3, 0.4) is 0 Å². The number of primary amides is 1. The van der Waals surface area contributed by atoms with Crippen LogP contribution in [0.15, 0.2) is 24.3 Å². The molecule has 0 spiro atoms. The lowest BCUT2D eigenvalue weighted by atomic mass is 10.3. The van der Waals surface area contributed by atoms with E-state index in [0.29, 0.717) is 0 Å². The zero-order chi connectivity index (χ0) is 8.57. The smallest absolute Gasteiger partial charge is 0.241 e. The summed E-state index contributed by atoms with van der Waals surface area (Å²) in [6, 6.07) is 0. The molecule has 0 saturated heterocycles. The largest absolute Gasteiger partial charge is 0.366 e. The average Bonchev–Trinajstić information content (AvgIpc) is 1.91. The summed E-state index contributed by atoms with van der Waals surface area (Å²) in [6.45, 7) is 9.20. The predicted molar refractivity (Wildman–Crippen MR) is 44.5 cm³/mol. The van der Waals surface area contributed by atoms with Crippen molar-refractivity contribution >= 4 is 5.91 Å². The normalized spacial score (nSPS) is 9.30. The van der Waals surface area contributed by atoms with Crippen molar-refractivity contribution < 1.29 is 4.79 Å². The van der Waals surface area contributed by atoms with Crippen LogP contribution in [0.25, 0.3) is 0 Å². The van der Waals surface area contributed by atoms with E-state index in [-0.39, 0.29) is 0 Å². The molecule has 1 amide bonds. The standard InChI is InChI=1S/C6H9NO.C2H6/c1-3-5(2)4-6(7)8;1-2/h3-4H,1H2,2H3,(H2,7,8);1-2H3/b5-4-;. The summed E-state index contributed by atoms with van der Waals surface area (Å²) < 4.78 is 0. The van der Waals surface area contributed by atoms with Crippen LogP contribution in [0.5, 0.6) is 0 Å². The lowest BCUT2D eigenvalue weighted by Gasteiger charge is -1.83. The van der Waals surface area contributed by atoms with Crippen molar-refractivity contribution in [1.29, 1.82) is 0 Å². The zero-order valence-corrected chi connectivity index (χ0v) is 6.85. The highest BCUT2D eigenvalue weighted by Crippen LogP contribution is 1.89. The number of amides is 1. The number of carbonyl (C=O) groups is 1. The van der Waals surface area contributed by atoms with Crippen molar-refractivity contribution in [2.45, 2.75) is 20.8 Å². The zero-order valence-electron chi connectivity index (χ0n) is 6.85. The van der Waals surface area contributed by atoms with E-state index in [0.717, 1.165) is 5.57 Å². The van der Waals surface area contributed by atoms with E-state index < -0.39 is 5.91 Å². The summed E-state index contributed by atoms with van der Waals surface area (Å²) in [7, 11) is 0. The summed E-state index contributed by atoms with van der Waals surface area (Å²) in [5, 5.41) is 0. The van der Waals surface area contributed by atoms with E-state index in [2.05, 4.69) is 6.58 Å². The summed E-state index contributed by atoms with van der Waals surface area (Å²) in [5.41, 5.74) is 5.60. The fourth-order valence-corrected chi connectivity index (χ4v) is 0.283. The lowest BCUT2D eigenvalue weighted by molar-refractivity contribution is -0.113. The lowest BCUT2D eigenvalue weighted by Crippen LogP contribution is -2.06. The van der Waals surface area contributed by atoms with Crippen LogP contribution in [0.4, 0.5) is 0 Å². The Morgan fingerprint density at radius 1 is 1.50 bits per heavy atom. The fraction of sp³-hybridized carbons (Fsp3) is 0.375. The van der Waals surface area contributed by atoms with E-state index in [1.807, 2.05) is 13.8 Å². The molecule has 0 heterocycles. The van der Waals surface area contributed by atoms with E-state index in [9.17, 15) is 4.79 Å². The Morgan fingerprint density at radius 3 is 2.00 bits per heavy atom. The van der Waals surface area contributed by atoms with E-state index in [4.69, 9.17) is 5.73 Å². The van der Waals surface area contributed by atoms with Crippen LogP contribution >= 0.6 is 0 Å². The van der Waals surface area contributed by atoms with Gasteiger partial charge in [-0.25, -0.2) is 0 Å². The monoisotopic (exact) mass is 141 g/mol. The van der Waals surface area contributed by atoms with Crippen LogP contribution in [0.2, 0.25) is 0 Å². The first-order valence-electron chi connectivity index (χ1n) is 3.27. The molecule has 0 aromatic rings. The highest BCUT2D eigenvalue weighted by molar-refractivity contribution is 5.86. The Labute approximate surface area is 62.4 Å². The molecule has 0 aromatic heterocycles. The molecular formula is C8H15NO. The van der Waals surface area contributed by atoms with Gasteiger partial charge in [-0.2, -0.15) is 0 Å². The second-order valence-electron chi connectivity index (χ2n) is 1.49. The van der Waals surface area contributed by atoms with Crippen molar-refractivity contribution in [2.75, 3.05) is 0 Å². The molecule has 58 valence electrons. The molecule has 2 heteroatoms. The molecule has 0 aliphatic rings. The maximum atomic E-state index is 10.1. The minimum Gasteiger partial charge on any atom is -0.366 e. The Balaban J connectivity index is 0. The van der Waals surface area contributed by atoms with Crippen LogP contribution < -0.4 is 5.73 Å². The predicted octanol–water partition coefficient (Wildman–Crippen LogP) is 1.63. The van der Waals surface area contributed by atoms with Gasteiger partial charge in [-0.05, 0) is 12.5 Å². The molecule has 0 rings (SSSR count). The van der Waals surface area contributed by atoms with E-state index in [1.165, 1.54) is 6.08 Å². The second kappa shape index (κ2) is 7.95. The van der Waals surface area contributed by atoms with Crippen molar-refractivity contribution in [2.24, 2.45) is 5.73 Å². The quantitative estimate of drug-likeness (QED) is 0.461. The van der Waals surface area contributed by atoms with Crippen LogP contribution in [-0.2, 0) is 4.79 Å². The fourth-order valence-electron chi connectivity index (χ4n) is 0.283. The minimum absolute atomic E-state index is 0.428.